The lowest BCUT2D eigenvalue weighted by Crippen LogP contribution is -2.55. The molecular weight excluding hydrogens is 262 g/mol. The average molecular weight is 285 g/mol. The zero-order valence-corrected chi connectivity index (χ0v) is 12.7. The van der Waals surface area contributed by atoms with Gasteiger partial charge in [0.15, 0.2) is 0 Å². The van der Waals surface area contributed by atoms with E-state index in [-0.39, 0.29) is 11.6 Å². The minimum absolute atomic E-state index is 0.0662. The van der Waals surface area contributed by atoms with Crippen LogP contribution in [0.25, 0.3) is 10.8 Å². The SMILES string of the molecule is CC(C)(C(N)c1cccc2ccncc12)N1CCOCC1. The Morgan fingerprint density at radius 3 is 2.76 bits per heavy atom. The minimum atomic E-state index is -0.117. The summed E-state index contributed by atoms with van der Waals surface area (Å²) in [6.07, 6.45) is 3.74. The maximum Gasteiger partial charge on any atom is 0.0594 e. The number of nitrogens with zero attached hydrogens (tertiary/aromatic N) is 2. The summed E-state index contributed by atoms with van der Waals surface area (Å²) < 4.78 is 5.46. The van der Waals surface area contributed by atoms with Crippen molar-refractivity contribution in [3.05, 3.63) is 42.2 Å². The topological polar surface area (TPSA) is 51.4 Å². The van der Waals surface area contributed by atoms with Gasteiger partial charge in [-0.05, 0) is 30.9 Å². The number of nitrogens with two attached hydrogens (primary N) is 1. The van der Waals surface area contributed by atoms with Gasteiger partial charge in [-0.3, -0.25) is 9.88 Å². The van der Waals surface area contributed by atoms with Gasteiger partial charge in [0.2, 0.25) is 0 Å². The number of ether oxygens (including phenoxy) is 1. The molecule has 1 aromatic heterocycles. The Kier molecular flexibility index (Phi) is 3.93. The Bertz CT molecular complexity index is 615. The molecule has 2 heterocycles. The molecule has 0 bridgehead atoms. The van der Waals surface area contributed by atoms with Gasteiger partial charge in [0.05, 0.1) is 13.2 Å². The van der Waals surface area contributed by atoms with E-state index in [9.17, 15) is 0 Å². The summed E-state index contributed by atoms with van der Waals surface area (Å²) in [6, 6.07) is 8.27. The zero-order chi connectivity index (χ0) is 14.9. The standard InChI is InChI=1S/C17H23N3O/c1-17(2,20-8-10-21-11-9-20)16(18)14-5-3-4-13-6-7-19-12-15(13)14/h3-7,12,16H,8-11,18H2,1-2H3. The molecule has 0 radical (unpaired) electrons. The van der Waals surface area contributed by atoms with Gasteiger partial charge < -0.3 is 10.5 Å². The fraction of sp³-hybridized carbons (Fsp3) is 0.471. The normalized spacial score (nSPS) is 18.8. The van der Waals surface area contributed by atoms with Crippen LogP contribution in [0.5, 0.6) is 0 Å². The largest absolute Gasteiger partial charge is 0.379 e. The highest BCUT2D eigenvalue weighted by atomic mass is 16.5. The lowest BCUT2D eigenvalue weighted by molar-refractivity contribution is -0.0189. The number of hydrogen-bond donors (Lipinski definition) is 1. The highest BCUT2D eigenvalue weighted by molar-refractivity contribution is 5.85. The number of rotatable bonds is 3. The van der Waals surface area contributed by atoms with E-state index in [4.69, 9.17) is 10.5 Å². The Balaban J connectivity index is 1.97. The van der Waals surface area contributed by atoms with Gasteiger partial charge in [-0.15, -0.1) is 0 Å². The molecule has 3 rings (SSSR count). The Hall–Kier alpha value is -1.49. The Morgan fingerprint density at radius 1 is 1.24 bits per heavy atom. The molecule has 1 aliphatic rings. The maximum absolute atomic E-state index is 6.66. The monoisotopic (exact) mass is 285 g/mol. The summed E-state index contributed by atoms with van der Waals surface area (Å²) in [5.41, 5.74) is 7.71. The highest BCUT2D eigenvalue weighted by Crippen LogP contribution is 2.33. The maximum atomic E-state index is 6.66. The van der Waals surface area contributed by atoms with Crippen LogP contribution >= 0.6 is 0 Å². The summed E-state index contributed by atoms with van der Waals surface area (Å²) in [6.45, 7) is 7.88. The number of fused-ring (bicyclic) bond motifs is 1. The van der Waals surface area contributed by atoms with Crippen LogP contribution in [0.3, 0.4) is 0 Å². The molecule has 0 amide bonds. The average Bonchev–Trinajstić information content (AvgIpc) is 2.54. The van der Waals surface area contributed by atoms with Crippen molar-refractivity contribution in [1.29, 1.82) is 0 Å². The number of hydrogen-bond acceptors (Lipinski definition) is 4. The molecule has 21 heavy (non-hydrogen) atoms. The molecule has 1 saturated heterocycles. The smallest absolute Gasteiger partial charge is 0.0594 e. The molecule has 1 atom stereocenters. The quantitative estimate of drug-likeness (QED) is 0.940. The van der Waals surface area contributed by atoms with Gasteiger partial charge in [0.1, 0.15) is 0 Å². The van der Waals surface area contributed by atoms with E-state index < -0.39 is 0 Å². The predicted molar refractivity (Wildman–Crippen MR) is 85.1 cm³/mol. The molecule has 1 fully saturated rings. The first-order valence-electron chi connectivity index (χ1n) is 7.52. The molecule has 112 valence electrons. The van der Waals surface area contributed by atoms with Gasteiger partial charge >= 0.3 is 0 Å². The van der Waals surface area contributed by atoms with E-state index in [1.54, 1.807) is 0 Å². The lowest BCUT2D eigenvalue weighted by Gasteiger charge is -2.44. The molecule has 0 saturated carbocycles. The van der Waals surface area contributed by atoms with E-state index in [0.717, 1.165) is 37.3 Å². The fourth-order valence-electron chi connectivity index (χ4n) is 3.13. The van der Waals surface area contributed by atoms with Crippen LogP contribution in [0, 0.1) is 0 Å². The zero-order valence-electron chi connectivity index (χ0n) is 12.7. The second-order valence-electron chi connectivity index (χ2n) is 6.17. The van der Waals surface area contributed by atoms with Crippen molar-refractivity contribution >= 4 is 10.8 Å². The molecule has 1 aromatic carbocycles. The van der Waals surface area contributed by atoms with Crippen LogP contribution in [0.2, 0.25) is 0 Å². The summed E-state index contributed by atoms with van der Waals surface area (Å²) in [5.74, 6) is 0. The van der Waals surface area contributed by atoms with E-state index >= 15 is 0 Å². The van der Waals surface area contributed by atoms with Crippen molar-refractivity contribution in [2.24, 2.45) is 5.73 Å². The summed E-state index contributed by atoms with van der Waals surface area (Å²) in [4.78, 5) is 6.69. The number of benzene rings is 1. The molecule has 2 aromatic rings. The number of aromatic nitrogens is 1. The van der Waals surface area contributed by atoms with Crippen LogP contribution in [0.4, 0.5) is 0 Å². The van der Waals surface area contributed by atoms with Crippen molar-refractivity contribution in [1.82, 2.24) is 9.88 Å². The first kappa shape index (κ1) is 14.4. The molecular formula is C17H23N3O. The molecule has 4 nitrogen and oxygen atoms in total. The van der Waals surface area contributed by atoms with Crippen molar-refractivity contribution in [2.75, 3.05) is 26.3 Å². The highest BCUT2D eigenvalue weighted by Gasteiger charge is 2.35. The van der Waals surface area contributed by atoms with Gasteiger partial charge in [-0.25, -0.2) is 0 Å². The van der Waals surface area contributed by atoms with E-state index in [1.165, 1.54) is 5.39 Å². The first-order valence-corrected chi connectivity index (χ1v) is 7.52. The van der Waals surface area contributed by atoms with Gasteiger partial charge in [0, 0.05) is 42.5 Å². The van der Waals surface area contributed by atoms with E-state index in [2.05, 4.69) is 41.9 Å². The third-order valence-corrected chi connectivity index (χ3v) is 4.64. The van der Waals surface area contributed by atoms with Gasteiger partial charge in [0.25, 0.3) is 0 Å². The fourth-order valence-corrected chi connectivity index (χ4v) is 3.13. The predicted octanol–water partition coefficient (Wildman–Crippen LogP) is 2.35. The minimum Gasteiger partial charge on any atom is -0.379 e. The summed E-state index contributed by atoms with van der Waals surface area (Å²) >= 11 is 0. The Morgan fingerprint density at radius 2 is 2.00 bits per heavy atom. The van der Waals surface area contributed by atoms with Crippen LogP contribution in [0.15, 0.2) is 36.7 Å². The lowest BCUT2D eigenvalue weighted by atomic mass is 9.85. The first-order chi connectivity index (χ1) is 10.1. The number of morpholine rings is 1. The molecule has 0 aliphatic carbocycles. The van der Waals surface area contributed by atoms with E-state index in [1.807, 2.05) is 18.5 Å². The Labute approximate surface area is 125 Å². The molecule has 1 unspecified atom stereocenters. The van der Waals surface area contributed by atoms with E-state index in [0.29, 0.717) is 0 Å². The van der Waals surface area contributed by atoms with Crippen LogP contribution in [0.1, 0.15) is 25.5 Å². The molecule has 1 aliphatic heterocycles. The van der Waals surface area contributed by atoms with Crippen molar-refractivity contribution < 1.29 is 4.74 Å². The van der Waals surface area contributed by atoms with Crippen LogP contribution in [-0.4, -0.2) is 41.7 Å². The van der Waals surface area contributed by atoms with Crippen molar-refractivity contribution in [2.45, 2.75) is 25.4 Å². The molecule has 0 spiro atoms. The summed E-state index contributed by atoms with van der Waals surface area (Å²) in [7, 11) is 0. The number of pyridine rings is 1. The van der Waals surface area contributed by atoms with Crippen molar-refractivity contribution in [3.8, 4) is 0 Å². The third-order valence-electron chi connectivity index (χ3n) is 4.64. The van der Waals surface area contributed by atoms with Crippen LogP contribution in [-0.2, 0) is 4.74 Å². The van der Waals surface area contributed by atoms with Gasteiger partial charge in [-0.1, -0.05) is 18.2 Å². The second-order valence-corrected chi connectivity index (χ2v) is 6.17. The van der Waals surface area contributed by atoms with Crippen molar-refractivity contribution in [3.63, 3.8) is 0 Å². The van der Waals surface area contributed by atoms with Gasteiger partial charge in [-0.2, -0.15) is 0 Å². The second kappa shape index (κ2) is 5.72. The summed E-state index contributed by atoms with van der Waals surface area (Å²) in [5, 5.41) is 2.34. The third kappa shape index (κ3) is 2.67. The molecule has 2 N–H and O–H groups in total. The molecule has 4 heteroatoms. The van der Waals surface area contributed by atoms with Crippen LogP contribution < -0.4 is 5.73 Å².